The Kier molecular flexibility index (Phi) is 6.97. The van der Waals surface area contributed by atoms with Crippen LogP contribution < -0.4 is 14.8 Å². The molecule has 0 saturated carbocycles. The largest absolute Gasteiger partial charge is 0.493 e. The highest BCUT2D eigenvalue weighted by atomic mass is 16.6. The summed E-state index contributed by atoms with van der Waals surface area (Å²) in [6.45, 7) is 3.02. The molecule has 1 rings (SSSR count). The van der Waals surface area contributed by atoms with Crippen LogP contribution in [0.25, 0.3) is 0 Å². The molecule has 0 aliphatic rings. The van der Waals surface area contributed by atoms with Gasteiger partial charge in [0.1, 0.15) is 0 Å². The Hall–Kier alpha value is -2.84. The average Bonchev–Trinajstić information content (AvgIpc) is 2.49. The van der Waals surface area contributed by atoms with Crippen molar-refractivity contribution in [3.05, 3.63) is 27.8 Å². The lowest BCUT2D eigenvalue weighted by Gasteiger charge is -2.17. The number of nitrogens with zero attached hydrogens (tertiary/aromatic N) is 1. The highest BCUT2D eigenvalue weighted by Crippen LogP contribution is 2.37. The SMILES string of the molecule is COc1cc(C(C)NC(C)=O)c([N+](=O)[O-])cc1OCCCC(=O)O. The minimum atomic E-state index is -0.948. The summed E-state index contributed by atoms with van der Waals surface area (Å²) >= 11 is 0. The lowest BCUT2D eigenvalue weighted by Crippen LogP contribution is -2.24. The third-order valence-electron chi connectivity index (χ3n) is 3.19. The smallest absolute Gasteiger partial charge is 0.303 e. The Labute approximate surface area is 138 Å². The van der Waals surface area contributed by atoms with E-state index in [1.807, 2.05) is 0 Å². The highest BCUT2D eigenvalue weighted by Gasteiger charge is 2.24. The number of carboxylic acids is 1. The van der Waals surface area contributed by atoms with Crippen LogP contribution >= 0.6 is 0 Å². The van der Waals surface area contributed by atoms with Crippen molar-refractivity contribution in [3.8, 4) is 11.5 Å². The molecule has 0 spiro atoms. The van der Waals surface area contributed by atoms with Crippen molar-refractivity contribution in [1.29, 1.82) is 0 Å². The minimum Gasteiger partial charge on any atom is -0.493 e. The number of nitrogens with one attached hydrogen (secondary N) is 1. The normalized spacial score (nSPS) is 11.5. The number of benzene rings is 1. The number of rotatable bonds is 9. The fourth-order valence-electron chi connectivity index (χ4n) is 2.13. The van der Waals surface area contributed by atoms with Gasteiger partial charge in [0.05, 0.1) is 36.3 Å². The molecule has 0 fully saturated rings. The van der Waals surface area contributed by atoms with Gasteiger partial charge in [-0.15, -0.1) is 0 Å². The number of amides is 1. The van der Waals surface area contributed by atoms with E-state index >= 15 is 0 Å². The molecule has 24 heavy (non-hydrogen) atoms. The number of aliphatic carboxylic acids is 1. The summed E-state index contributed by atoms with van der Waals surface area (Å²) in [7, 11) is 1.39. The molecule has 1 aromatic rings. The van der Waals surface area contributed by atoms with E-state index in [9.17, 15) is 19.7 Å². The number of carbonyl (C=O) groups is 2. The van der Waals surface area contributed by atoms with Gasteiger partial charge in [-0.3, -0.25) is 19.7 Å². The third kappa shape index (κ3) is 5.41. The van der Waals surface area contributed by atoms with Gasteiger partial charge in [0.2, 0.25) is 5.91 Å². The first-order valence-electron chi connectivity index (χ1n) is 7.24. The van der Waals surface area contributed by atoms with Crippen molar-refractivity contribution in [2.24, 2.45) is 0 Å². The van der Waals surface area contributed by atoms with Gasteiger partial charge in [-0.05, 0) is 19.4 Å². The summed E-state index contributed by atoms with van der Waals surface area (Å²) in [6.07, 6.45) is 0.193. The monoisotopic (exact) mass is 340 g/mol. The van der Waals surface area contributed by atoms with Crippen LogP contribution in [-0.4, -0.2) is 35.6 Å². The molecule has 0 heterocycles. The lowest BCUT2D eigenvalue weighted by atomic mass is 10.0. The molecular weight excluding hydrogens is 320 g/mol. The molecule has 9 nitrogen and oxygen atoms in total. The first kappa shape index (κ1) is 19.2. The van der Waals surface area contributed by atoms with Crippen molar-refractivity contribution in [2.45, 2.75) is 32.7 Å². The first-order valence-corrected chi connectivity index (χ1v) is 7.24. The number of ether oxygens (including phenoxy) is 2. The van der Waals surface area contributed by atoms with Crippen LogP contribution in [-0.2, 0) is 9.59 Å². The van der Waals surface area contributed by atoms with E-state index in [4.69, 9.17) is 14.6 Å². The van der Waals surface area contributed by atoms with Gasteiger partial charge in [-0.25, -0.2) is 0 Å². The summed E-state index contributed by atoms with van der Waals surface area (Å²) in [5.41, 5.74) is 0.0650. The van der Waals surface area contributed by atoms with Crippen LogP contribution in [0.3, 0.4) is 0 Å². The Morgan fingerprint density at radius 1 is 1.38 bits per heavy atom. The maximum atomic E-state index is 11.3. The molecule has 0 bridgehead atoms. The van der Waals surface area contributed by atoms with E-state index in [2.05, 4.69) is 5.32 Å². The summed E-state index contributed by atoms with van der Waals surface area (Å²) in [4.78, 5) is 32.4. The van der Waals surface area contributed by atoms with E-state index in [1.54, 1.807) is 6.92 Å². The van der Waals surface area contributed by atoms with Gasteiger partial charge in [0.25, 0.3) is 5.69 Å². The lowest BCUT2D eigenvalue weighted by molar-refractivity contribution is -0.385. The summed E-state index contributed by atoms with van der Waals surface area (Å²) in [5, 5.41) is 22.5. The molecule has 0 aliphatic carbocycles. The molecule has 0 aliphatic heterocycles. The van der Waals surface area contributed by atoms with Gasteiger partial charge >= 0.3 is 5.97 Å². The molecular formula is C15H20N2O7. The second kappa shape index (κ2) is 8.70. The van der Waals surface area contributed by atoms with Crippen molar-refractivity contribution in [1.82, 2.24) is 5.32 Å². The fourth-order valence-corrected chi connectivity index (χ4v) is 2.13. The van der Waals surface area contributed by atoms with Crippen LogP contribution in [0.1, 0.15) is 38.3 Å². The molecule has 0 aromatic heterocycles. The van der Waals surface area contributed by atoms with Crippen LogP contribution in [0.2, 0.25) is 0 Å². The maximum Gasteiger partial charge on any atom is 0.303 e. The Morgan fingerprint density at radius 3 is 2.54 bits per heavy atom. The number of hydrogen-bond donors (Lipinski definition) is 2. The zero-order valence-corrected chi connectivity index (χ0v) is 13.7. The second-order valence-corrected chi connectivity index (χ2v) is 5.09. The molecule has 2 N–H and O–H groups in total. The Bertz CT molecular complexity index is 630. The van der Waals surface area contributed by atoms with Gasteiger partial charge in [0, 0.05) is 13.3 Å². The number of hydrogen-bond acceptors (Lipinski definition) is 6. The van der Waals surface area contributed by atoms with Gasteiger partial charge in [-0.1, -0.05) is 0 Å². The van der Waals surface area contributed by atoms with E-state index in [1.165, 1.54) is 26.2 Å². The molecule has 1 amide bonds. The van der Waals surface area contributed by atoms with Crippen molar-refractivity contribution in [2.75, 3.05) is 13.7 Å². The molecule has 1 atom stereocenters. The molecule has 1 unspecified atom stereocenters. The molecule has 0 radical (unpaired) electrons. The number of carbonyl (C=O) groups excluding carboxylic acids is 1. The third-order valence-corrected chi connectivity index (χ3v) is 3.19. The number of nitro groups is 1. The van der Waals surface area contributed by atoms with E-state index in [0.717, 1.165) is 0 Å². The summed E-state index contributed by atoms with van der Waals surface area (Å²) < 4.78 is 10.6. The predicted octanol–water partition coefficient (Wildman–Crippen LogP) is 2.04. The number of nitro benzene ring substituents is 1. The van der Waals surface area contributed by atoms with E-state index in [0.29, 0.717) is 0 Å². The van der Waals surface area contributed by atoms with Crippen LogP contribution in [0.15, 0.2) is 12.1 Å². The maximum absolute atomic E-state index is 11.3. The molecule has 1 aromatic carbocycles. The summed E-state index contributed by atoms with van der Waals surface area (Å²) in [5.74, 6) is -0.850. The van der Waals surface area contributed by atoms with Gasteiger partial charge in [0.15, 0.2) is 11.5 Å². The Morgan fingerprint density at radius 2 is 2.04 bits per heavy atom. The van der Waals surface area contributed by atoms with Crippen LogP contribution in [0.5, 0.6) is 11.5 Å². The predicted molar refractivity (Wildman–Crippen MR) is 84.2 cm³/mol. The van der Waals surface area contributed by atoms with Crippen molar-refractivity contribution >= 4 is 17.6 Å². The molecule has 0 saturated heterocycles. The summed E-state index contributed by atoms with van der Waals surface area (Å²) in [6, 6.07) is 2.07. The minimum absolute atomic E-state index is 0.0674. The second-order valence-electron chi connectivity index (χ2n) is 5.09. The fraction of sp³-hybridized carbons (Fsp3) is 0.467. The first-order chi connectivity index (χ1) is 11.3. The van der Waals surface area contributed by atoms with Gasteiger partial charge in [-0.2, -0.15) is 0 Å². The topological polar surface area (TPSA) is 128 Å². The molecule has 9 heteroatoms. The Balaban J connectivity index is 3.09. The van der Waals surface area contributed by atoms with Crippen LogP contribution in [0.4, 0.5) is 5.69 Å². The van der Waals surface area contributed by atoms with E-state index < -0.39 is 16.9 Å². The highest BCUT2D eigenvalue weighted by molar-refractivity contribution is 5.73. The van der Waals surface area contributed by atoms with Crippen molar-refractivity contribution in [3.63, 3.8) is 0 Å². The van der Waals surface area contributed by atoms with E-state index in [-0.39, 0.29) is 48.1 Å². The average molecular weight is 340 g/mol. The number of methoxy groups -OCH3 is 1. The van der Waals surface area contributed by atoms with Gasteiger partial charge < -0.3 is 19.9 Å². The van der Waals surface area contributed by atoms with Crippen molar-refractivity contribution < 1.29 is 29.1 Å². The number of carboxylic acid groups (broad SMARTS) is 1. The zero-order chi connectivity index (χ0) is 18.3. The van der Waals surface area contributed by atoms with Crippen LogP contribution in [0, 0.1) is 10.1 Å². The standard InChI is InChI=1S/C15H20N2O7/c1-9(16-10(2)18)11-7-13(23-3)14(8-12(11)17(21)22)24-6-4-5-15(19)20/h7-9H,4-6H2,1-3H3,(H,16,18)(H,19,20). The molecule has 132 valence electrons. The zero-order valence-electron chi connectivity index (χ0n) is 13.7. The quantitative estimate of drug-likeness (QED) is 0.400.